The predicted molar refractivity (Wildman–Crippen MR) is 126 cm³/mol. The van der Waals surface area contributed by atoms with Crippen LogP contribution in [0.1, 0.15) is 32.9 Å². The number of aromatic nitrogens is 2. The number of rotatable bonds is 6. The lowest BCUT2D eigenvalue weighted by Crippen LogP contribution is -2.30. The Morgan fingerprint density at radius 3 is 2.55 bits per heavy atom. The third kappa shape index (κ3) is 4.34. The molecule has 0 spiro atoms. The van der Waals surface area contributed by atoms with Crippen molar-refractivity contribution in [3.05, 3.63) is 101 Å². The van der Waals surface area contributed by atoms with Crippen LogP contribution < -0.4 is 10.1 Å². The van der Waals surface area contributed by atoms with Crippen LogP contribution in [0.15, 0.2) is 73.1 Å². The SMILES string of the molecule is COc1ccc(C(=O)NC(=S)c2c(C)c(CCc3ccccn3)n3ccccc23)cc1. The molecule has 156 valence electrons. The van der Waals surface area contributed by atoms with Crippen molar-refractivity contribution in [2.45, 2.75) is 19.8 Å². The van der Waals surface area contributed by atoms with E-state index in [1.807, 2.05) is 48.8 Å². The Kier molecular flexibility index (Phi) is 6.09. The molecular weight excluding hydrogens is 406 g/mol. The minimum Gasteiger partial charge on any atom is -0.497 e. The number of benzene rings is 1. The van der Waals surface area contributed by atoms with E-state index in [1.165, 1.54) is 0 Å². The smallest absolute Gasteiger partial charge is 0.256 e. The van der Waals surface area contributed by atoms with Crippen LogP contribution in [0.5, 0.6) is 5.75 Å². The van der Waals surface area contributed by atoms with Gasteiger partial charge in [0, 0.05) is 34.9 Å². The molecule has 0 radical (unpaired) electrons. The third-order valence-electron chi connectivity index (χ3n) is 5.37. The molecule has 4 rings (SSSR count). The molecule has 1 amide bonds. The van der Waals surface area contributed by atoms with Crippen LogP contribution in [0, 0.1) is 6.92 Å². The first kappa shape index (κ1) is 20.8. The fourth-order valence-corrected chi connectivity index (χ4v) is 4.12. The second-order valence-corrected chi connectivity index (χ2v) is 7.64. The fourth-order valence-electron chi connectivity index (χ4n) is 3.77. The number of fused-ring (bicyclic) bond motifs is 1. The van der Waals surface area contributed by atoms with E-state index in [0.717, 1.165) is 40.9 Å². The van der Waals surface area contributed by atoms with Gasteiger partial charge in [0.1, 0.15) is 10.7 Å². The van der Waals surface area contributed by atoms with Gasteiger partial charge in [-0.3, -0.25) is 9.78 Å². The summed E-state index contributed by atoms with van der Waals surface area (Å²) in [6.45, 7) is 2.06. The van der Waals surface area contributed by atoms with Crippen LogP contribution >= 0.6 is 12.2 Å². The van der Waals surface area contributed by atoms with Crippen molar-refractivity contribution in [2.75, 3.05) is 7.11 Å². The maximum absolute atomic E-state index is 12.7. The molecule has 1 aromatic carbocycles. The number of nitrogens with one attached hydrogen (secondary N) is 1. The van der Waals surface area contributed by atoms with Gasteiger partial charge in [0.05, 0.1) is 12.6 Å². The highest BCUT2D eigenvalue weighted by Gasteiger charge is 2.20. The van der Waals surface area contributed by atoms with Crippen molar-refractivity contribution in [1.29, 1.82) is 0 Å². The molecule has 0 saturated carbocycles. The first-order valence-electron chi connectivity index (χ1n) is 10.1. The molecule has 0 atom stereocenters. The quantitative estimate of drug-likeness (QED) is 0.457. The molecule has 0 aliphatic carbocycles. The Hall–Kier alpha value is -3.51. The van der Waals surface area contributed by atoms with Gasteiger partial charge in [0.15, 0.2) is 0 Å². The summed E-state index contributed by atoms with van der Waals surface area (Å²) in [4.78, 5) is 17.6. The zero-order valence-electron chi connectivity index (χ0n) is 17.5. The number of carbonyl (C=O) groups is 1. The minimum absolute atomic E-state index is 0.239. The molecular formula is C25H23N3O2S. The molecule has 6 heteroatoms. The number of pyridine rings is 2. The standard InChI is InChI=1S/C25H23N3O2S/c1-17-21(14-11-19-7-3-5-15-26-19)28-16-6-4-8-22(28)23(17)25(31)27-24(29)18-9-12-20(30-2)13-10-18/h3-10,12-13,15-16H,11,14H2,1-2H3,(H,27,29,31). The van der Waals surface area contributed by atoms with Crippen LogP contribution in [0.3, 0.4) is 0 Å². The minimum atomic E-state index is -0.239. The molecule has 1 N–H and O–H groups in total. The molecule has 0 aliphatic heterocycles. The Labute approximate surface area is 186 Å². The summed E-state index contributed by atoms with van der Waals surface area (Å²) in [5, 5.41) is 2.90. The van der Waals surface area contributed by atoms with Gasteiger partial charge in [-0.25, -0.2) is 0 Å². The van der Waals surface area contributed by atoms with Gasteiger partial charge in [0.25, 0.3) is 5.91 Å². The van der Waals surface area contributed by atoms with Crippen molar-refractivity contribution in [2.24, 2.45) is 0 Å². The van der Waals surface area contributed by atoms with E-state index in [0.29, 0.717) is 16.3 Å². The first-order valence-corrected chi connectivity index (χ1v) is 10.5. The topological polar surface area (TPSA) is 55.6 Å². The van der Waals surface area contributed by atoms with Gasteiger partial charge in [-0.1, -0.05) is 24.4 Å². The van der Waals surface area contributed by atoms with Crippen LogP contribution in [-0.4, -0.2) is 27.4 Å². The maximum Gasteiger partial charge on any atom is 0.256 e. The summed E-state index contributed by atoms with van der Waals surface area (Å²) in [7, 11) is 1.59. The molecule has 4 aromatic rings. The van der Waals surface area contributed by atoms with Crippen molar-refractivity contribution in [1.82, 2.24) is 14.7 Å². The number of thiocarbonyl (C=S) groups is 1. The largest absolute Gasteiger partial charge is 0.497 e. The number of amides is 1. The highest BCUT2D eigenvalue weighted by molar-refractivity contribution is 7.80. The number of carbonyl (C=O) groups excluding carboxylic acids is 1. The van der Waals surface area contributed by atoms with Crippen molar-refractivity contribution >= 4 is 28.6 Å². The molecule has 0 fully saturated rings. The normalized spacial score (nSPS) is 10.8. The van der Waals surface area contributed by atoms with E-state index in [9.17, 15) is 4.79 Å². The van der Waals surface area contributed by atoms with Gasteiger partial charge in [-0.2, -0.15) is 0 Å². The molecule has 5 nitrogen and oxygen atoms in total. The summed E-state index contributed by atoms with van der Waals surface area (Å²) < 4.78 is 7.31. The zero-order chi connectivity index (χ0) is 21.8. The van der Waals surface area contributed by atoms with E-state index >= 15 is 0 Å². The number of methoxy groups -OCH3 is 1. The van der Waals surface area contributed by atoms with Crippen LogP contribution in [-0.2, 0) is 12.8 Å². The molecule has 0 aliphatic rings. The van der Waals surface area contributed by atoms with E-state index < -0.39 is 0 Å². The molecule has 0 unspecified atom stereocenters. The lowest BCUT2D eigenvalue weighted by atomic mass is 10.1. The first-order chi connectivity index (χ1) is 15.1. The van der Waals surface area contributed by atoms with Crippen LogP contribution in [0.2, 0.25) is 0 Å². The van der Waals surface area contributed by atoms with Crippen molar-refractivity contribution in [3.8, 4) is 5.75 Å². The summed E-state index contributed by atoms with van der Waals surface area (Å²) in [5.41, 5.74) is 5.67. The second-order valence-electron chi connectivity index (χ2n) is 7.24. The Balaban J connectivity index is 1.61. The number of hydrogen-bond acceptors (Lipinski definition) is 4. The summed E-state index contributed by atoms with van der Waals surface area (Å²) >= 11 is 5.67. The molecule has 3 heterocycles. The maximum atomic E-state index is 12.7. The average molecular weight is 430 g/mol. The predicted octanol–water partition coefficient (Wildman–Crippen LogP) is 4.54. The van der Waals surface area contributed by atoms with Crippen LogP contribution in [0.4, 0.5) is 0 Å². The Morgan fingerprint density at radius 1 is 1.06 bits per heavy atom. The van der Waals surface area contributed by atoms with E-state index in [4.69, 9.17) is 17.0 Å². The van der Waals surface area contributed by atoms with Gasteiger partial charge >= 0.3 is 0 Å². The van der Waals surface area contributed by atoms with Gasteiger partial charge in [-0.05, 0) is 73.9 Å². The number of hydrogen-bond donors (Lipinski definition) is 1. The van der Waals surface area contributed by atoms with Crippen LogP contribution in [0.25, 0.3) is 5.52 Å². The third-order valence-corrected chi connectivity index (χ3v) is 5.67. The van der Waals surface area contributed by atoms with E-state index in [2.05, 4.69) is 21.6 Å². The monoisotopic (exact) mass is 429 g/mol. The molecule has 3 aromatic heterocycles. The van der Waals surface area contributed by atoms with Gasteiger partial charge in [0.2, 0.25) is 0 Å². The van der Waals surface area contributed by atoms with E-state index in [-0.39, 0.29) is 5.91 Å². The Bertz CT molecular complexity index is 1230. The van der Waals surface area contributed by atoms with Gasteiger partial charge in [-0.15, -0.1) is 0 Å². The van der Waals surface area contributed by atoms with Crippen molar-refractivity contribution in [3.63, 3.8) is 0 Å². The summed E-state index contributed by atoms with van der Waals surface area (Å²) in [5.74, 6) is 0.461. The molecule has 0 bridgehead atoms. The lowest BCUT2D eigenvalue weighted by molar-refractivity contribution is 0.0978. The fraction of sp³-hybridized carbons (Fsp3) is 0.160. The second kappa shape index (κ2) is 9.10. The lowest BCUT2D eigenvalue weighted by Gasteiger charge is -2.08. The highest BCUT2D eigenvalue weighted by atomic mass is 32.1. The van der Waals surface area contributed by atoms with Crippen molar-refractivity contribution < 1.29 is 9.53 Å². The summed E-state index contributed by atoms with van der Waals surface area (Å²) in [6, 6.07) is 18.9. The van der Waals surface area contributed by atoms with Gasteiger partial charge < -0.3 is 14.5 Å². The summed E-state index contributed by atoms with van der Waals surface area (Å²) in [6.07, 6.45) is 5.50. The number of aryl methyl sites for hydroxylation is 2. The highest BCUT2D eigenvalue weighted by Crippen LogP contribution is 2.25. The average Bonchev–Trinajstić information content (AvgIpc) is 3.09. The number of nitrogens with zero attached hydrogens (tertiary/aromatic N) is 2. The molecule has 31 heavy (non-hydrogen) atoms. The molecule has 0 saturated heterocycles. The van der Waals surface area contributed by atoms with E-state index in [1.54, 1.807) is 31.4 Å². The zero-order valence-corrected chi connectivity index (χ0v) is 18.3. The number of ether oxygens (including phenoxy) is 1. The Morgan fingerprint density at radius 2 is 1.84 bits per heavy atom.